The van der Waals surface area contributed by atoms with E-state index in [0.717, 1.165) is 13.1 Å². The van der Waals surface area contributed by atoms with E-state index >= 15 is 0 Å². The molecule has 0 saturated carbocycles. The molecule has 3 fully saturated rings. The van der Waals surface area contributed by atoms with Gasteiger partial charge in [-0.15, -0.1) is 0 Å². The molecule has 3 aliphatic heterocycles. The molecule has 0 bridgehead atoms. The Kier molecular flexibility index (Phi) is 6.07. The van der Waals surface area contributed by atoms with Crippen molar-refractivity contribution in [2.45, 2.75) is 25.4 Å². The van der Waals surface area contributed by atoms with Gasteiger partial charge < -0.3 is 33.9 Å². The minimum Gasteiger partial charge on any atom is -0.387 e. The second-order valence-electron chi connectivity index (χ2n) is 6.15. The first-order valence-electron chi connectivity index (χ1n) is 8.51. The molecule has 3 atom stereocenters. The fourth-order valence-electron chi connectivity index (χ4n) is 3.03. The monoisotopic (exact) mass is 342 g/mol. The molecule has 3 aliphatic rings. The van der Waals surface area contributed by atoms with Crippen LogP contribution in [-0.2, 0) is 23.7 Å². The zero-order chi connectivity index (χ0) is 16.9. The van der Waals surface area contributed by atoms with E-state index < -0.39 is 18.5 Å². The Morgan fingerprint density at radius 3 is 2.38 bits per heavy atom. The Bertz CT molecular complexity index is 459. The maximum atomic E-state index is 13.1. The van der Waals surface area contributed by atoms with Crippen molar-refractivity contribution in [3.63, 3.8) is 0 Å². The van der Waals surface area contributed by atoms with Crippen LogP contribution in [0.3, 0.4) is 0 Å². The molecule has 8 nitrogen and oxygen atoms in total. The minimum atomic E-state index is -0.956. The molecule has 3 saturated heterocycles. The first-order chi connectivity index (χ1) is 11.6. The Balaban J connectivity index is 1.79. The number of morpholine rings is 2. The van der Waals surface area contributed by atoms with Gasteiger partial charge >= 0.3 is 0 Å². The van der Waals surface area contributed by atoms with Crippen LogP contribution in [0.15, 0.2) is 11.9 Å². The minimum absolute atomic E-state index is 0.103. The zero-order valence-electron chi connectivity index (χ0n) is 14.1. The molecule has 0 amide bonds. The molecule has 0 aromatic carbocycles. The number of ketones is 1. The predicted octanol–water partition coefficient (Wildman–Crippen LogP) is -0.816. The Morgan fingerprint density at radius 2 is 1.71 bits per heavy atom. The van der Waals surface area contributed by atoms with E-state index in [1.807, 2.05) is 11.1 Å². The quantitative estimate of drug-likeness (QED) is 0.664. The predicted molar refractivity (Wildman–Crippen MR) is 84.2 cm³/mol. The van der Waals surface area contributed by atoms with Gasteiger partial charge in [0.2, 0.25) is 5.78 Å². The number of aliphatic hydroxyl groups is 1. The van der Waals surface area contributed by atoms with Crippen LogP contribution in [0.2, 0.25) is 0 Å². The molecular weight excluding hydrogens is 316 g/mol. The molecule has 1 N–H and O–H groups in total. The summed E-state index contributed by atoms with van der Waals surface area (Å²) >= 11 is 0. The van der Waals surface area contributed by atoms with Gasteiger partial charge in [-0.05, 0) is 6.92 Å². The van der Waals surface area contributed by atoms with Gasteiger partial charge in [0.05, 0.1) is 38.7 Å². The van der Waals surface area contributed by atoms with Gasteiger partial charge in [0.15, 0.2) is 12.4 Å². The van der Waals surface area contributed by atoms with Gasteiger partial charge in [-0.2, -0.15) is 0 Å². The highest BCUT2D eigenvalue weighted by atomic mass is 16.7. The molecule has 8 heteroatoms. The summed E-state index contributed by atoms with van der Waals surface area (Å²) in [6, 6.07) is 0. The van der Waals surface area contributed by atoms with Crippen LogP contribution >= 0.6 is 0 Å². The second kappa shape index (κ2) is 8.26. The number of hydrogen-bond donors (Lipinski definition) is 1. The highest BCUT2D eigenvalue weighted by molar-refractivity contribution is 5.98. The van der Waals surface area contributed by atoms with Crippen molar-refractivity contribution in [3.05, 3.63) is 11.9 Å². The largest absolute Gasteiger partial charge is 0.387 e. The molecule has 0 aliphatic carbocycles. The number of nitrogens with zero attached hydrogens (tertiary/aromatic N) is 2. The lowest BCUT2D eigenvalue weighted by Gasteiger charge is -2.37. The third kappa shape index (κ3) is 4.25. The summed E-state index contributed by atoms with van der Waals surface area (Å²) in [4.78, 5) is 17.2. The summed E-state index contributed by atoms with van der Waals surface area (Å²) < 4.78 is 21.6. The molecule has 3 heterocycles. The highest BCUT2D eigenvalue weighted by Gasteiger charge is 2.37. The molecular formula is C16H26N2O6. The highest BCUT2D eigenvalue weighted by Crippen LogP contribution is 2.20. The van der Waals surface area contributed by atoms with E-state index in [0.29, 0.717) is 45.2 Å². The van der Waals surface area contributed by atoms with Crippen LogP contribution in [0.25, 0.3) is 0 Å². The van der Waals surface area contributed by atoms with Crippen molar-refractivity contribution in [2.24, 2.45) is 0 Å². The SMILES string of the molecule is C[C@@H]1OC[C@@H](O)[C@H](C(=O)/C(=C/N2CCOCC2)N2CCOCC2)O1. The number of ether oxygens (including phenoxy) is 4. The molecule has 136 valence electrons. The topological polar surface area (TPSA) is 80.7 Å². The average molecular weight is 342 g/mol. The first kappa shape index (κ1) is 17.6. The number of rotatable bonds is 4. The Morgan fingerprint density at radius 1 is 1.08 bits per heavy atom. The van der Waals surface area contributed by atoms with Crippen molar-refractivity contribution in [1.29, 1.82) is 0 Å². The van der Waals surface area contributed by atoms with E-state index in [2.05, 4.69) is 4.90 Å². The van der Waals surface area contributed by atoms with Crippen molar-refractivity contribution in [3.8, 4) is 0 Å². The third-order valence-corrected chi connectivity index (χ3v) is 4.40. The maximum Gasteiger partial charge on any atom is 0.211 e. The lowest BCUT2D eigenvalue weighted by Crippen LogP contribution is -2.51. The van der Waals surface area contributed by atoms with Gasteiger partial charge in [-0.1, -0.05) is 0 Å². The smallest absolute Gasteiger partial charge is 0.211 e. The molecule has 24 heavy (non-hydrogen) atoms. The molecule has 3 rings (SSSR count). The molecule has 0 radical (unpaired) electrons. The van der Waals surface area contributed by atoms with Gasteiger partial charge in [-0.25, -0.2) is 0 Å². The van der Waals surface area contributed by atoms with Crippen molar-refractivity contribution in [2.75, 3.05) is 59.2 Å². The van der Waals surface area contributed by atoms with Crippen molar-refractivity contribution >= 4 is 5.78 Å². The summed E-state index contributed by atoms with van der Waals surface area (Å²) in [5.74, 6) is -0.203. The maximum absolute atomic E-state index is 13.1. The lowest BCUT2D eigenvalue weighted by atomic mass is 10.0. The molecule has 0 aromatic heterocycles. The summed E-state index contributed by atoms with van der Waals surface area (Å²) in [7, 11) is 0. The first-order valence-corrected chi connectivity index (χ1v) is 8.51. The second-order valence-corrected chi connectivity index (χ2v) is 6.15. The van der Waals surface area contributed by atoms with E-state index in [1.54, 1.807) is 6.92 Å². The average Bonchev–Trinajstić information content (AvgIpc) is 2.63. The van der Waals surface area contributed by atoms with Gasteiger partial charge in [0.1, 0.15) is 6.10 Å². The van der Waals surface area contributed by atoms with E-state index in [9.17, 15) is 9.90 Å². The van der Waals surface area contributed by atoms with E-state index in [1.165, 1.54) is 0 Å². The summed E-state index contributed by atoms with van der Waals surface area (Å²) in [6.07, 6.45) is -0.477. The van der Waals surface area contributed by atoms with Crippen LogP contribution < -0.4 is 0 Å². The van der Waals surface area contributed by atoms with Crippen molar-refractivity contribution < 1.29 is 28.8 Å². The third-order valence-electron chi connectivity index (χ3n) is 4.40. The Hall–Kier alpha value is -1.19. The lowest BCUT2D eigenvalue weighted by molar-refractivity contribution is -0.238. The number of aliphatic hydroxyl groups excluding tert-OH is 1. The number of carbonyl (C=O) groups excluding carboxylic acids is 1. The van der Waals surface area contributed by atoms with Crippen molar-refractivity contribution in [1.82, 2.24) is 9.80 Å². The fourth-order valence-corrected chi connectivity index (χ4v) is 3.03. The summed E-state index contributed by atoms with van der Waals surface area (Å²) in [5, 5.41) is 10.1. The van der Waals surface area contributed by atoms with Crippen LogP contribution in [0.1, 0.15) is 6.92 Å². The van der Waals surface area contributed by atoms with Crippen LogP contribution in [0.5, 0.6) is 0 Å². The van der Waals surface area contributed by atoms with Crippen LogP contribution in [-0.4, -0.2) is 98.4 Å². The number of carbonyl (C=O) groups is 1. The van der Waals surface area contributed by atoms with Crippen LogP contribution in [0.4, 0.5) is 0 Å². The standard InChI is InChI=1S/C16H26N2O6/c1-12-23-11-14(19)16(24-12)15(20)13(18-4-8-22-9-5-18)10-17-2-6-21-7-3-17/h10,12,14,16,19H,2-9,11H2,1H3/b13-10-/t12-,14-,16-/m1/s1. The summed E-state index contributed by atoms with van der Waals surface area (Å²) in [6.45, 7) is 7.08. The van der Waals surface area contributed by atoms with Gasteiger partial charge in [-0.3, -0.25) is 4.79 Å². The summed E-state index contributed by atoms with van der Waals surface area (Å²) in [5.41, 5.74) is 0.568. The zero-order valence-corrected chi connectivity index (χ0v) is 14.1. The normalized spacial score (nSPS) is 32.8. The van der Waals surface area contributed by atoms with Gasteiger partial charge in [0, 0.05) is 32.4 Å². The fraction of sp³-hybridized carbons (Fsp3) is 0.812. The molecule has 0 aromatic rings. The van der Waals surface area contributed by atoms with E-state index in [4.69, 9.17) is 18.9 Å². The van der Waals surface area contributed by atoms with Gasteiger partial charge in [0.25, 0.3) is 0 Å². The number of hydrogen-bond acceptors (Lipinski definition) is 8. The van der Waals surface area contributed by atoms with E-state index in [-0.39, 0.29) is 12.4 Å². The van der Waals surface area contributed by atoms with Crippen LogP contribution in [0, 0.1) is 0 Å². The Labute approximate surface area is 141 Å². The molecule has 0 unspecified atom stereocenters. The molecule has 0 spiro atoms. The number of Topliss-reactive ketones (excluding diaryl/α,β-unsaturated/α-hetero) is 1.